The summed E-state index contributed by atoms with van der Waals surface area (Å²) >= 11 is 2.59. The van der Waals surface area contributed by atoms with Gasteiger partial charge in [-0.05, 0) is 30.5 Å². The van der Waals surface area contributed by atoms with E-state index in [0.717, 1.165) is 24.2 Å². The maximum Gasteiger partial charge on any atom is 0.341 e. The standard InChI is InChI=1S/C23H24N4O4S2/c1-4-11-27-20(15-5-6-15)25-26-23(27)33-13-18(28)24-21-19(22(29)31-3)17(12-32-21)14-7-9-16(30-2)10-8-14/h4,7-10,12,15H,1,5-6,11,13H2,2-3H3,(H,24,28). The second-order valence-corrected chi connectivity index (χ2v) is 9.25. The fourth-order valence-corrected chi connectivity index (χ4v) is 5.11. The van der Waals surface area contributed by atoms with Crippen molar-refractivity contribution in [3.05, 3.63) is 53.7 Å². The van der Waals surface area contributed by atoms with E-state index in [1.807, 2.05) is 34.2 Å². The molecule has 1 saturated carbocycles. The maximum absolute atomic E-state index is 12.7. The zero-order valence-electron chi connectivity index (χ0n) is 18.4. The maximum atomic E-state index is 12.7. The highest BCUT2D eigenvalue weighted by Crippen LogP contribution is 2.40. The van der Waals surface area contributed by atoms with Crippen LogP contribution in [0.2, 0.25) is 0 Å². The van der Waals surface area contributed by atoms with E-state index >= 15 is 0 Å². The fourth-order valence-electron chi connectivity index (χ4n) is 3.38. The monoisotopic (exact) mass is 484 g/mol. The Labute approximate surface area is 200 Å². The summed E-state index contributed by atoms with van der Waals surface area (Å²) in [6.45, 7) is 4.41. The third-order valence-corrected chi connectivity index (χ3v) is 7.03. The number of allylic oxidation sites excluding steroid dienone is 1. The zero-order chi connectivity index (χ0) is 23.4. The molecule has 1 N–H and O–H groups in total. The van der Waals surface area contributed by atoms with Gasteiger partial charge in [0.2, 0.25) is 5.91 Å². The molecule has 8 nitrogen and oxygen atoms in total. The molecule has 1 fully saturated rings. The molecule has 4 rings (SSSR count). The molecule has 0 atom stereocenters. The number of methoxy groups -OCH3 is 2. The van der Waals surface area contributed by atoms with Crippen molar-refractivity contribution in [2.45, 2.75) is 30.5 Å². The molecule has 10 heteroatoms. The number of nitrogens with zero attached hydrogens (tertiary/aromatic N) is 3. The van der Waals surface area contributed by atoms with E-state index < -0.39 is 5.97 Å². The molecule has 2 aromatic heterocycles. The van der Waals surface area contributed by atoms with E-state index in [4.69, 9.17) is 9.47 Å². The van der Waals surface area contributed by atoms with Gasteiger partial charge < -0.3 is 19.4 Å². The molecule has 0 aliphatic heterocycles. The number of esters is 1. The Hall–Kier alpha value is -3.11. The summed E-state index contributed by atoms with van der Waals surface area (Å²) in [4.78, 5) is 25.3. The van der Waals surface area contributed by atoms with Crippen molar-refractivity contribution in [1.29, 1.82) is 0 Å². The van der Waals surface area contributed by atoms with E-state index in [1.54, 1.807) is 13.2 Å². The van der Waals surface area contributed by atoms with Gasteiger partial charge in [-0.1, -0.05) is 30.0 Å². The largest absolute Gasteiger partial charge is 0.497 e. The number of amides is 1. The Balaban J connectivity index is 1.49. The van der Waals surface area contributed by atoms with E-state index in [2.05, 4.69) is 22.1 Å². The van der Waals surface area contributed by atoms with Crippen LogP contribution >= 0.6 is 23.1 Å². The van der Waals surface area contributed by atoms with Crippen LogP contribution in [0.25, 0.3) is 11.1 Å². The molecule has 3 aromatic rings. The Bertz CT molecular complexity index is 1170. The van der Waals surface area contributed by atoms with Crippen LogP contribution < -0.4 is 10.1 Å². The van der Waals surface area contributed by atoms with E-state index in [9.17, 15) is 9.59 Å². The van der Waals surface area contributed by atoms with E-state index in [0.29, 0.717) is 39.5 Å². The highest BCUT2D eigenvalue weighted by atomic mass is 32.2. The van der Waals surface area contributed by atoms with Crippen molar-refractivity contribution in [1.82, 2.24) is 14.8 Å². The number of aromatic nitrogens is 3. The van der Waals surface area contributed by atoms with Crippen LogP contribution in [0.3, 0.4) is 0 Å². The number of thioether (sulfide) groups is 1. The quantitative estimate of drug-likeness (QED) is 0.255. The van der Waals surface area contributed by atoms with Crippen LogP contribution in [0.4, 0.5) is 5.00 Å². The first-order chi connectivity index (χ1) is 16.0. The first-order valence-corrected chi connectivity index (χ1v) is 12.2. The molecule has 1 aliphatic rings. The number of rotatable bonds is 10. The molecule has 0 saturated heterocycles. The average molecular weight is 485 g/mol. The lowest BCUT2D eigenvalue weighted by molar-refractivity contribution is -0.113. The fraction of sp³-hybridized carbons (Fsp3) is 0.304. The topological polar surface area (TPSA) is 95.3 Å². The summed E-state index contributed by atoms with van der Waals surface area (Å²) in [6, 6.07) is 7.35. The van der Waals surface area contributed by atoms with Crippen molar-refractivity contribution < 1.29 is 19.1 Å². The minimum Gasteiger partial charge on any atom is -0.497 e. The van der Waals surface area contributed by atoms with Crippen molar-refractivity contribution in [3.8, 4) is 16.9 Å². The first kappa shape index (κ1) is 23.1. The average Bonchev–Trinajstić information content (AvgIpc) is 3.48. The number of hydrogen-bond acceptors (Lipinski definition) is 8. The molecule has 0 unspecified atom stereocenters. The minimum absolute atomic E-state index is 0.135. The van der Waals surface area contributed by atoms with Gasteiger partial charge >= 0.3 is 5.97 Å². The van der Waals surface area contributed by atoms with Crippen molar-refractivity contribution in [3.63, 3.8) is 0 Å². The molecular formula is C23H24N4O4S2. The lowest BCUT2D eigenvalue weighted by Crippen LogP contribution is -2.16. The summed E-state index contributed by atoms with van der Waals surface area (Å²) in [5.74, 6) is 1.50. The molecule has 172 valence electrons. The van der Waals surface area contributed by atoms with Crippen LogP contribution in [-0.4, -0.2) is 46.6 Å². The summed E-state index contributed by atoms with van der Waals surface area (Å²) in [5, 5.41) is 14.4. The van der Waals surface area contributed by atoms with Crippen LogP contribution in [0.15, 0.2) is 47.5 Å². The van der Waals surface area contributed by atoms with Gasteiger partial charge in [-0.3, -0.25) is 4.79 Å². The molecule has 33 heavy (non-hydrogen) atoms. The van der Waals surface area contributed by atoms with Gasteiger partial charge in [0.15, 0.2) is 5.16 Å². The Kier molecular flexibility index (Phi) is 7.14. The second kappa shape index (κ2) is 10.2. The lowest BCUT2D eigenvalue weighted by atomic mass is 10.0. The van der Waals surface area contributed by atoms with E-state index in [1.165, 1.54) is 30.2 Å². The lowest BCUT2D eigenvalue weighted by Gasteiger charge is -2.09. The summed E-state index contributed by atoms with van der Waals surface area (Å²) in [7, 11) is 2.92. The second-order valence-electron chi connectivity index (χ2n) is 7.42. The number of anilines is 1. The van der Waals surface area contributed by atoms with Gasteiger partial charge in [-0.25, -0.2) is 4.79 Å². The minimum atomic E-state index is -0.509. The van der Waals surface area contributed by atoms with Gasteiger partial charge in [0.25, 0.3) is 0 Å². The van der Waals surface area contributed by atoms with E-state index in [-0.39, 0.29) is 11.7 Å². The Morgan fingerprint density at radius 3 is 2.67 bits per heavy atom. The normalized spacial score (nSPS) is 12.9. The number of hydrogen-bond donors (Lipinski definition) is 1. The number of benzene rings is 1. The molecule has 1 amide bonds. The van der Waals surface area contributed by atoms with Crippen molar-refractivity contribution >= 4 is 40.0 Å². The molecular weight excluding hydrogens is 460 g/mol. The molecule has 1 aromatic carbocycles. The van der Waals surface area contributed by atoms with Gasteiger partial charge in [-0.15, -0.1) is 28.1 Å². The molecule has 0 spiro atoms. The summed E-state index contributed by atoms with van der Waals surface area (Å²) in [5.41, 5.74) is 1.85. The molecule has 1 aliphatic carbocycles. The molecule has 2 heterocycles. The van der Waals surface area contributed by atoms with Crippen molar-refractivity contribution in [2.75, 3.05) is 25.3 Å². The van der Waals surface area contributed by atoms with Crippen molar-refractivity contribution in [2.24, 2.45) is 0 Å². The van der Waals surface area contributed by atoms with Crippen LogP contribution in [0.1, 0.15) is 34.9 Å². The van der Waals surface area contributed by atoms with Crippen LogP contribution in [0.5, 0.6) is 5.75 Å². The Morgan fingerprint density at radius 1 is 1.27 bits per heavy atom. The number of carbonyl (C=O) groups excluding carboxylic acids is 2. The number of nitrogens with one attached hydrogen (secondary N) is 1. The third-order valence-electron chi connectivity index (χ3n) is 5.17. The number of ether oxygens (including phenoxy) is 2. The predicted molar refractivity (Wildman–Crippen MR) is 129 cm³/mol. The SMILES string of the molecule is C=CCn1c(SCC(=O)Nc2scc(-c3ccc(OC)cc3)c2C(=O)OC)nnc1C1CC1. The van der Waals surface area contributed by atoms with Gasteiger partial charge in [0, 0.05) is 23.4 Å². The highest BCUT2D eigenvalue weighted by molar-refractivity contribution is 7.99. The van der Waals surface area contributed by atoms with Crippen LogP contribution in [-0.2, 0) is 16.1 Å². The van der Waals surface area contributed by atoms with Gasteiger partial charge in [0.05, 0.1) is 20.0 Å². The first-order valence-electron chi connectivity index (χ1n) is 10.4. The van der Waals surface area contributed by atoms with Gasteiger partial charge in [-0.2, -0.15) is 0 Å². The number of thiophene rings is 1. The Morgan fingerprint density at radius 2 is 2.03 bits per heavy atom. The van der Waals surface area contributed by atoms with Gasteiger partial charge in [0.1, 0.15) is 22.1 Å². The molecule has 0 radical (unpaired) electrons. The third kappa shape index (κ3) is 5.12. The zero-order valence-corrected chi connectivity index (χ0v) is 20.0. The summed E-state index contributed by atoms with van der Waals surface area (Å²) < 4.78 is 12.2. The highest BCUT2D eigenvalue weighted by Gasteiger charge is 2.30. The summed E-state index contributed by atoms with van der Waals surface area (Å²) in [6.07, 6.45) is 4.03. The number of carbonyl (C=O) groups is 2. The predicted octanol–water partition coefficient (Wildman–Crippen LogP) is 4.60. The smallest absolute Gasteiger partial charge is 0.341 e. The molecule has 0 bridgehead atoms. The van der Waals surface area contributed by atoms with Crippen LogP contribution in [0, 0.1) is 0 Å².